The quantitative estimate of drug-likeness (QED) is 0.783. The molecule has 1 heterocycles. The second-order valence-corrected chi connectivity index (χ2v) is 6.64. The fraction of sp³-hybridized carbons (Fsp3) is 0.579. The third-order valence-corrected chi connectivity index (χ3v) is 4.54. The second kappa shape index (κ2) is 9.42. The van der Waals surface area contributed by atoms with Crippen molar-refractivity contribution < 1.29 is 14.3 Å². The first-order valence-corrected chi connectivity index (χ1v) is 8.97. The van der Waals surface area contributed by atoms with Crippen LogP contribution in [0, 0.1) is 13.8 Å². The number of rotatable bonds is 7. The van der Waals surface area contributed by atoms with Crippen molar-refractivity contribution >= 4 is 11.8 Å². The lowest BCUT2D eigenvalue weighted by molar-refractivity contribution is -0.137. The van der Waals surface area contributed by atoms with E-state index in [1.54, 1.807) is 0 Å². The highest BCUT2D eigenvalue weighted by molar-refractivity contribution is 5.79. The van der Waals surface area contributed by atoms with Gasteiger partial charge in [0.05, 0.1) is 0 Å². The van der Waals surface area contributed by atoms with E-state index in [1.165, 1.54) is 5.56 Å². The van der Waals surface area contributed by atoms with Crippen molar-refractivity contribution in [1.29, 1.82) is 0 Å². The molecular weight excluding hydrogens is 318 g/mol. The fourth-order valence-electron chi connectivity index (χ4n) is 3.18. The van der Waals surface area contributed by atoms with Gasteiger partial charge in [0.25, 0.3) is 5.91 Å². The lowest BCUT2D eigenvalue weighted by Crippen LogP contribution is -2.50. The summed E-state index contributed by atoms with van der Waals surface area (Å²) in [6, 6.07) is 5.95. The minimum absolute atomic E-state index is 0.0249. The van der Waals surface area contributed by atoms with Crippen molar-refractivity contribution in [2.45, 2.75) is 45.6 Å². The van der Waals surface area contributed by atoms with E-state index >= 15 is 0 Å². The molecule has 0 bridgehead atoms. The summed E-state index contributed by atoms with van der Waals surface area (Å²) in [4.78, 5) is 26.1. The highest BCUT2D eigenvalue weighted by atomic mass is 16.5. The Morgan fingerprint density at radius 2 is 2.12 bits per heavy atom. The maximum atomic E-state index is 12.6. The predicted octanol–water partition coefficient (Wildman–Crippen LogP) is 1.53. The number of ether oxygens (including phenoxy) is 1. The Morgan fingerprint density at radius 1 is 1.32 bits per heavy atom. The van der Waals surface area contributed by atoms with Crippen LogP contribution in [-0.4, -0.2) is 49.0 Å². The Morgan fingerprint density at radius 3 is 2.84 bits per heavy atom. The molecule has 138 valence electrons. The molecule has 0 radical (unpaired) electrons. The van der Waals surface area contributed by atoms with E-state index in [0.717, 1.165) is 30.6 Å². The number of piperidine rings is 1. The number of nitrogens with zero attached hydrogens (tertiary/aromatic N) is 1. The summed E-state index contributed by atoms with van der Waals surface area (Å²) >= 11 is 0. The molecule has 1 aromatic carbocycles. The molecule has 2 amide bonds. The zero-order valence-corrected chi connectivity index (χ0v) is 15.2. The largest absolute Gasteiger partial charge is 0.484 e. The summed E-state index contributed by atoms with van der Waals surface area (Å²) in [5, 5.41) is 2.87. The first kappa shape index (κ1) is 19.2. The van der Waals surface area contributed by atoms with Crippen LogP contribution >= 0.6 is 0 Å². The van der Waals surface area contributed by atoms with E-state index in [4.69, 9.17) is 10.5 Å². The Hall–Kier alpha value is -2.08. The summed E-state index contributed by atoms with van der Waals surface area (Å²) in [6.07, 6.45) is 3.27. The van der Waals surface area contributed by atoms with Crippen LogP contribution in [-0.2, 0) is 9.59 Å². The van der Waals surface area contributed by atoms with Crippen molar-refractivity contribution in [3.8, 4) is 5.75 Å². The Bertz CT molecular complexity index is 604. The van der Waals surface area contributed by atoms with E-state index < -0.39 is 0 Å². The van der Waals surface area contributed by atoms with Gasteiger partial charge in [-0.3, -0.25) is 9.59 Å². The van der Waals surface area contributed by atoms with Crippen molar-refractivity contribution in [3.63, 3.8) is 0 Å². The minimum Gasteiger partial charge on any atom is -0.484 e. The van der Waals surface area contributed by atoms with Crippen molar-refractivity contribution in [2.75, 3.05) is 26.2 Å². The summed E-state index contributed by atoms with van der Waals surface area (Å²) in [7, 11) is 0. The van der Waals surface area contributed by atoms with Crippen molar-refractivity contribution in [1.82, 2.24) is 10.2 Å². The highest BCUT2D eigenvalue weighted by Crippen LogP contribution is 2.20. The molecule has 1 aliphatic heterocycles. The van der Waals surface area contributed by atoms with Crippen LogP contribution in [0.2, 0.25) is 0 Å². The molecule has 6 nitrogen and oxygen atoms in total. The summed E-state index contributed by atoms with van der Waals surface area (Å²) < 4.78 is 5.72. The van der Waals surface area contributed by atoms with Gasteiger partial charge in [-0.15, -0.1) is 0 Å². The molecule has 0 aromatic heterocycles. The number of carbonyl (C=O) groups is 2. The molecule has 3 N–H and O–H groups in total. The number of carbonyl (C=O) groups excluding carboxylic acids is 2. The molecule has 0 saturated carbocycles. The third-order valence-electron chi connectivity index (χ3n) is 4.54. The van der Waals surface area contributed by atoms with E-state index in [1.807, 2.05) is 36.9 Å². The molecule has 1 unspecified atom stereocenters. The Balaban J connectivity index is 1.89. The zero-order chi connectivity index (χ0) is 18.2. The molecule has 6 heteroatoms. The Labute approximate surface area is 149 Å². The molecule has 1 fully saturated rings. The van der Waals surface area contributed by atoms with E-state index in [9.17, 15) is 9.59 Å². The first-order chi connectivity index (χ1) is 12.0. The number of amides is 2. The van der Waals surface area contributed by atoms with Gasteiger partial charge in [-0.05, 0) is 44.7 Å². The van der Waals surface area contributed by atoms with E-state index in [0.29, 0.717) is 26.1 Å². The van der Waals surface area contributed by atoms with Crippen LogP contribution in [0.15, 0.2) is 18.2 Å². The molecule has 0 aliphatic carbocycles. The molecule has 0 spiro atoms. The van der Waals surface area contributed by atoms with Gasteiger partial charge >= 0.3 is 0 Å². The van der Waals surface area contributed by atoms with Gasteiger partial charge in [-0.2, -0.15) is 0 Å². The monoisotopic (exact) mass is 347 g/mol. The lowest BCUT2D eigenvalue weighted by atomic mass is 10.0. The summed E-state index contributed by atoms with van der Waals surface area (Å²) in [6.45, 7) is 5.56. The van der Waals surface area contributed by atoms with Gasteiger partial charge in [-0.1, -0.05) is 17.7 Å². The van der Waals surface area contributed by atoms with Gasteiger partial charge in [0.1, 0.15) is 5.75 Å². The molecule has 1 saturated heterocycles. The van der Waals surface area contributed by atoms with Crippen molar-refractivity contribution in [2.24, 2.45) is 5.73 Å². The minimum atomic E-state index is -0.0630. The molecular formula is C19H29N3O3. The van der Waals surface area contributed by atoms with Crippen LogP contribution in [0.25, 0.3) is 0 Å². The van der Waals surface area contributed by atoms with E-state index in [-0.39, 0.29) is 24.5 Å². The number of hydrogen-bond donors (Lipinski definition) is 2. The standard InChI is InChI=1S/C19H29N3O3/c1-14-6-7-17(15(2)11-14)25-13-19(24)22-10-4-3-5-16(22)12-21-18(23)8-9-20/h6-7,11,16H,3-5,8-10,12-13,20H2,1-2H3,(H,21,23). The number of nitrogens with two attached hydrogens (primary N) is 1. The average molecular weight is 347 g/mol. The molecule has 2 rings (SSSR count). The summed E-state index contributed by atoms with van der Waals surface area (Å²) in [5.74, 6) is 0.647. The first-order valence-electron chi connectivity index (χ1n) is 8.97. The highest BCUT2D eigenvalue weighted by Gasteiger charge is 2.27. The van der Waals surface area contributed by atoms with Gasteiger partial charge in [0.2, 0.25) is 5.91 Å². The SMILES string of the molecule is Cc1ccc(OCC(=O)N2CCCCC2CNC(=O)CCN)c(C)c1. The second-order valence-electron chi connectivity index (χ2n) is 6.64. The number of aryl methyl sites for hydroxylation is 2. The van der Waals surface area contributed by atoms with Crippen molar-refractivity contribution in [3.05, 3.63) is 29.3 Å². The van der Waals surface area contributed by atoms with Crippen LogP contribution in [0.4, 0.5) is 0 Å². The maximum absolute atomic E-state index is 12.6. The molecule has 1 atom stereocenters. The molecule has 1 aromatic rings. The van der Waals surface area contributed by atoms with Gasteiger partial charge in [0.15, 0.2) is 6.61 Å². The number of likely N-dealkylation sites (tertiary alicyclic amines) is 1. The van der Waals surface area contributed by atoms with Gasteiger partial charge in [0, 0.05) is 32.1 Å². The third kappa shape index (κ3) is 5.74. The van der Waals surface area contributed by atoms with Gasteiger partial charge in [-0.25, -0.2) is 0 Å². The van der Waals surface area contributed by atoms with Gasteiger partial charge < -0.3 is 20.7 Å². The normalized spacial score (nSPS) is 17.2. The topological polar surface area (TPSA) is 84.7 Å². The fourth-order valence-corrected chi connectivity index (χ4v) is 3.18. The van der Waals surface area contributed by atoms with E-state index in [2.05, 4.69) is 5.32 Å². The predicted molar refractivity (Wildman–Crippen MR) is 97.4 cm³/mol. The van der Waals surface area contributed by atoms with Crippen LogP contribution in [0.1, 0.15) is 36.8 Å². The van der Waals surface area contributed by atoms with Crippen LogP contribution in [0.3, 0.4) is 0 Å². The zero-order valence-electron chi connectivity index (χ0n) is 15.2. The van der Waals surface area contributed by atoms with Crippen LogP contribution in [0.5, 0.6) is 5.75 Å². The maximum Gasteiger partial charge on any atom is 0.260 e. The lowest BCUT2D eigenvalue weighted by Gasteiger charge is -2.35. The number of nitrogens with one attached hydrogen (secondary N) is 1. The smallest absolute Gasteiger partial charge is 0.260 e. The molecule has 25 heavy (non-hydrogen) atoms. The number of hydrogen-bond acceptors (Lipinski definition) is 4. The summed E-state index contributed by atoms with van der Waals surface area (Å²) in [5.41, 5.74) is 7.58. The average Bonchev–Trinajstić information content (AvgIpc) is 2.59. The Kier molecular flexibility index (Phi) is 7.25. The van der Waals surface area contributed by atoms with Crippen LogP contribution < -0.4 is 15.8 Å². The number of benzene rings is 1. The molecule has 1 aliphatic rings.